The van der Waals surface area contributed by atoms with E-state index in [9.17, 15) is 4.79 Å². The van der Waals surface area contributed by atoms with Gasteiger partial charge in [-0.15, -0.1) is 0 Å². The molecule has 0 bridgehead atoms. The number of rotatable bonds is 5. The van der Waals surface area contributed by atoms with Gasteiger partial charge in [0.25, 0.3) is 0 Å². The maximum atomic E-state index is 11.3. The first-order chi connectivity index (χ1) is 7.86. The highest BCUT2D eigenvalue weighted by Gasteiger charge is 2.19. The van der Waals surface area contributed by atoms with Crippen LogP contribution in [0.1, 0.15) is 19.3 Å². The van der Waals surface area contributed by atoms with Crippen LogP contribution >= 0.6 is 0 Å². The number of amides is 1. The van der Waals surface area contributed by atoms with Crippen molar-refractivity contribution in [1.82, 2.24) is 4.90 Å². The molecule has 2 saturated heterocycles. The zero-order valence-corrected chi connectivity index (χ0v) is 9.52. The molecule has 0 aromatic carbocycles. The number of carbonyl (C=O) groups is 1. The van der Waals surface area contributed by atoms with Gasteiger partial charge in [-0.05, 0) is 12.8 Å². The van der Waals surface area contributed by atoms with E-state index in [-0.39, 0.29) is 12.2 Å². The van der Waals surface area contributed by atoms with Gasteiger partial charge in [0.2, 0.25) is 5.91 Å². The molecule has 5 nitrogen and oxygen atoms in total. The predicted octanol–water partition coefficient (Wildman–Crippen LogP) is 0.388. The first kappa shape index (κ1) is 11.8. The molecule has 2 aliphatic rings. The van der Waals surface area contributed by atoms with Gasteiger partial charge in [-0.2, -0.15) is 0 Å². The lowest BCUT2D eigenvalue weighted by atomic mass is 10.4. The molecule has 2 fully saturated rings. The van der Waals surface area contributed by atoms with E-state index in [4.69, 9.17) is 14.2 Å². The van der Waals surface area contributed by atoms with E-state index in [0.717, 1.165) is 32.6 Å². The van der Waals surface area contributed by atoms with Crippen LogP contribution in [-0.4, -0.2) is 56.6 Å². The average Bonchev–Trinajstić information content (AvgIpc) is 2.72. The van der Waals surface area contributed by atoms with E-state index in [2.05, 4.69) is 0 Å². The van der Waals surface area contributed by atoms with Gasteiger partial charge in [0.15, 0.2) is 6.29 Å². The van der Waals surface area contributed by atoms with Crippen molar-refractivity contribution >= 4 is 5.91 Å². The van der Waals surface area contributed by atoms with Crippen LogP contribution in [0.15, 0.2) is 0 Å². The van der Waals surface area contributed by atoms with Crippen LogP contribution in [-0.2, 0) is 19.0 Å². The summed E-state index contributed by atoms with van der Waals surface area (Å²) < 4.78 is 16.1. The van der Waals surface area contributed by atoms with E-state index in [1.165, 1.54) is 0 Å². The highest BCUT2D eigenvalue weighted by atomic mass is 16.7. The molecule has 0 spiro atoms. The first-order valence-electron chi connectivity index (χ1n) is 5.95. The molecule has 2 rings (SSSR count). The summed E-state index contributed by atoms with van der Waals surface area (Å²) in [7, 11) is 0. The number of likely N-dealkylation sites (tertiary alicyclic amines) is 1. The van der Waals surface area contributed by atoms with E-state index in [1.54, 1.807) is 0 Å². The molecule has 0 N–H and O–H groups in total. The minimum atomic E-state index is -0.219. The summed E-state index contributed by atoms with van der Waals surface area (Å²) in [6.07, 6.45) is 2.41. The lowest BCUT2D eigenvalue weighted by molar-refractivity contribution is -0.202. The fourth-order valence-corrected chi connectivity index (χ4v) is 1.93. The Morgan fingerprint density at radius 3 is 2.81 bits per heavy atom. The van der Waals surface area contributed by atoms with Gasteiger partial charge < -0.3 is 19.1 Å². The van der Waals surface area contributed by atoms with Crippen LogP contribution in [0.3, 0.4) is 0 Å². The predicted molar refractivity (Wildman–Crippen MR) is 56.9 cm³/mol. The minimum Gasteiger partial charge on any atom is -0.374 e. The standard InChI is InChI=1S/C11H19NO4/c13-10-3-1-4-12(10)5-8-14-9-11-15-6-2-7-16-11/h11H,1-9H2. The van der Waals surface area contributed by atoms with Crippen LogP contribution in [0, 0.1) is 0 Å². The molecule has 0 aromatic rings. The lowest BCUT2D eigenvalue weighted by Crippen LogP contribution is -2.32. The van der Waals surface area contributed by atoms with Crippen molar-refractivity contribution < 1.29 is 19.0 Å². The van der Waals surface area contributed by atoms with Gasteiger partial charge in [-0.3, -0.25) is 4.79 Å². The van der Waals surface area contributed by atoms with Crippen molar-refractivity contribution in [1.29, 1.82) is 0 Å². The van der Waals surface area contributed by atoms with Crippen molar-refractivity contribution in [3.05, 3.63) is 0 Å². The summed E-state index contributed by atoms with van der Waals surface area (Å²) in [5.41, 5.74) is 0. The number of carbonyl (C=O) groups excluding carboxylic acids is 1. The Balaban J connectivity index is 1.52. The summed E-state index contributed by atoms with van der Waals surface area (Å²) in [5, 5.41) is 0. The topological polar surface area (TPSA) is 48.0 Å². The third kappa shape index (κ3) is 3.43. The van der Waals surface area contributed by atoms with Gasteiger partial charge >= 0.3 is 0 Å². The maximum Gasteiger partial charge on any atom is 0.222 e. The molecule has 0 saturated carbocycles. The molecule has 5 heteroatoms. The molecule has 0 aliphatic carbocycles. The summed E-state index contributed by atoms with van der Waals surface area (Å²) in [6, 6.07) is 0. The monoisotopic (exact) mass is 229 g/mol. The van der Waals surface area contributed by atoms with E-state index < -0.39 is 0 Å². The lowest BCUT2D eigenvalue weighted by Gasteiger charge is -2.23. The Morgan fingerprint density at radius 1 is 1.31 bits per heavy atom. The summed E-state index contributed by atoms with van der Waals surface area (Å²) in [5.74, 6) is 0.244. The van der Waals surface area contributed by atoms with Gasteiger partial charge in [0.05, 0.1) is 26.4 Å². The smallest absolute Gasteiger partial charge is 0.222 e. The summed E-state index contributed by atoms with van der Waals surface area (Å²) >= 11 is 0. The summed E-state index contributed by atoms with van der Waals surface area (Å²) in [6.45, 7) is 4.08. The fraction of sp³-hybridized carbons (Fsp3) is 0.909. The molecular formula is C11H19NO4. The molecular weight excluding hydrogens is 210 g/mol. The Bertz CT molecular complexity index is 228. The van der Waals surface area contributed by atoms with Crippen molar-refractivity contribution in [3.8, 4) is 0 Å². The Labute approximate surface area is 95.6 Å². The van der Waals surface area contributed by atoms with Crippen molar-refractivity contribution in [2.75, 3.05) is 39.5 Å². The van der Waals surface area contributed by atoms with Crippen LogP contribution < -0.4 is 0 Å². The third-order valence-corrected chi connectivity index (χ3v) is 2.83. The Morgan fingerprint density at radius 2 is 2.12 bits per heavy atom. The van der Waals surface area contributed by atoms with E-state index in [0.29, 0.717) is 26.2 Å². The van der Waals surface area contributed by atoms with Gasteiger partial charge in [0, 0.05) is 19.5 Å². The first-order valence-corrected chi connectivity index (χ1v) is 5.95. The number of hydrogen-bond donors (Lipinski definition) is 0. The number of ether oxygens (including phenoxy) is 3. The van der Waals surface area contributed by atoms with Gasteiger partial charge in [0.1, 0.15) is 0 Å². The fourth-order valence-electron chi connectivity index (χ4n) is 1.93. The van der Waals surface area contributed by atoms with Crippen LogP contribution in [0.2, 0.25) is 0 Å². The Hall–Kier alpha value is -0.650. The highest BCUT2D eigenvalue weighted by Crippen LogP contribution is 2.09. The molecule has 16 heavy (non-hydrogen) atoms. The minimum absolute atomic E-state index is 0.219. The van der Waals surface area contributed by atoms with Crippen molar-refractivity contribution in [2.45, 2.75) is 25.6 Å². The average molecular weight is 229 g/mol. The Kier molecular flexibility index (Phi) is 4.56. The molecule has 2 heterocycles. The highest BCUT2D eigenvalue weighted by molar-refractivity contribution is 5.77. The normalized spacial score (nSPS) is 23.0. The third-order valence-electron chi connectivity index (χ3n) is 2.83. The van der Waals surface area contributed by atoms with Gasteiger partial charge in [-0.25, -0.2) is 0 Å². The molecule has 92 valence electrons. The second-order valence-electron chi connectivity index (χ2n) is 4.08. The van der Waals surface area contributed by atoms with E-state index >= 15 is 0 Å². The second kappa shape index (κ2) is 6.18. The molecule has 0 radical (unpaired) electrons. The number of hydrogen-bond acceptors (Lipinski definition) is 4. The molecule has 2 aliphatic heterocycles. The summed E-state index contributed by atoms with van der Waals surface area (Å²) in [4.78, 5) is 13.1. The zero-order chi connectivity index (χ0) is 11.2. The second-order valence-corrected chi connectivity index (χ2v) is 4.08. The SMILES string of the molecule is O=C1CCCN1CCOCC1OCCCO1. The maximum absolute atomic E-state index is 11.3. The van der Waals surface area contributed by atoms with Crippen molar-refractivity contribution in [3.63, 3.8) is 0 Å². The number of nitrogens with zero attached hydrogens (tertiary/aromatic N) is 1. The van der Waals surface area contributed by atoms with Gasteiger partial charge in [-0.1, -0.05) is 0 Å². The molecule has 1 amide bonds. The zero-order valence-electron chi connectivity index (χ0n) is 9.52. The largest absolute Gasteiger partial charge is 0.374 e. The van der Waals surface area contributed by atoms with Crippen LogP contribution in [0.4, 0.5) is 0 Å². The van der Waals surface area contributed by atoms with Crippen LogP contribution in [0.5, 0.6) is 0 Å². The molecule has 0 unspecified atom stereocenters. The molecule has 0 atom stereocenters. The van der Waals surface area contributed by atoms with Crippen LogP contribution in [0.25, 0.3) is 0 Å². The molecule has 0 aromatic heterocycles. The van der Waals surface area contributed by atoms with E-state index in [1.807, 2.05) is 4.90 Å². The van der Waals surface area contributed by atoms with Crippen molar-refractivity contribution in [2.24, 2.45) is 0 Å². The quantitative estimate of drug-likeness (QED) is 0.640.